The first-order valence-electron chi connectivity index (χ1n) is 8.29. The monoisotopic (exact) mass is 451 g/mol. The Bertz CT molecular complexity index is 1050. The molecule has 30 heavy (non-hydrogen) atoms. The molecular weight excluding hydrogens is 440 g/mol. The Morgan fingerprint density at radius 1 is 1.13 bits per heavy atom. The first kappa shape index (κ1) is 21.9. The molecule has 0 fully saturated rings. The van der Waals surface area contributed by atoms with Gasteiger partial charge in [-0.15, -0.1) is 0 Å². The summed E-state index contributed by atoms with van der Waals surface area (Å²) in [6.45, 7) is 1.45. The highest BCUT2D eigenvalue weighted by Crippen LogP contribution is 2.50. The molecule has 4 nitrogen and oxygen atoms in total. The van der Waals surface area contributed by atoms with Crippen LogP contribution in [-0.2, 0) is 16.6 Å². The molecule has 11 heteroatoms. The molecule has 160 valence electrons. The number of carboxylic acids is 1. The lowest BCUT2D eigenvalue weighted by atomic mass is 9.85. The van der Waals surface area contributed by atoms with E-state index in [4.69, 9.17) is 21.5 Å². The van der Waals surface area contributed by atoms with Gasteiger partial charge >= 0.3 is 18.3 Å². The average molecular weight is 452 g/mol. The van der Waals surface area contributed by atoms with E-state index in [0.29, 0.717) is 12.1 Å². The second-order valence-electron chi connectivity index (χ2n) is 6.69. The normalized spacial score (nSPS) is 19.4. The van der Waals surface area contributed by atoms with E-state index in [1.807, 2.05) is 0 Å². The topological polar surface area (TPSA) is 58.9 Å². The molecule has 0 bridgehead atoms. The third kappa shape index (κ3) is 3.83. The smallest absolute Gasteiger partial charge is 0.435 e. The zero-order valence-electron chi connectivity index (χ0n) is 15.0. The lowest BCUT2D eigenvalue weighted by Gasteiger charge is -2.30. The minimum Gasteiger partial charge on any atom is -0.478 e. The third-order valence-corrected chi connectivity index (χ3v) is 4.89. The molecule has 3 rings (SSSR count). The maximum absolute atomic E-state index is 14.0. The molecule has 0 spiro atoms. The van der Waals surface area contributed by atoms with E-state index >= 15 is 0 Å². The maximum atomic E-state index is 14.0. The van der Waals surface area contributed by atoms with Crippen LogP contribution in [0.3, 0.4) is 0 Å². The highest BCUT2D eigenvalue weighted by Gasteiger charge is 2.62. The van der Waals surface area contributed by atoms with Crippen molar-refractivity contribution in [3.8, 4) is 0 Å². The largest absolute Gasteiger partial charge is 0.478 e. The Labute approximate surface area is 170 Å². The van der Waals surface area contributed by atoms with Crippen molar-refractivity contribution in [1.29, 1.82) is 0 Å². The van der Waals surface area contributed by atoms with E-state index in [9.17, 15) is 31.1 Å². The zero-order valence-corrected chi connectivity index (χ0v) is 15.8. The summed E-state index contributed by atoms with van der Waals surface area (Å²) < 4.78 is 81.3. The summed E-state index contributed by atoms with van der Waals surface area (Å²) >= 11 is 5.65. The predicted octanol–water partition coefficient (Wildman–Crippen LogP) is 5.95. The highest BCUT2D eigenvalue weighted by molar-refractivity contribution is 6.30. The Hall–Kier alpha value is -2.75. The number of hydrogen-bond acceptors (Lipinski definition) is 3. The van der Waals surface area contributed by atoms with Crippen molar-refractivity contribution in [1.82, 2.24) is 0 Å². The fourth-order valence-electron chi connectivity index (χ4n) is 3.13. The fraction of sp³-hybridized carbons (Fsp3) is 0.263. The second kappa shape index (κ2) is 7.19. The van der Waals surface area contributed by atoms with Crippen molar-refractivity contribution in [2.45, 2.75) is 31.3 Å². The molecular formula is C19H12ClF6NO3. The van der Waals surface area contributed by atoms with Gasteiger partial charge in [0.2, 0.25) is 0 Å². The number of oxime groups is 1. The van der Waals surface area contributed by atoms with Gasteiger partial charge in [-0.2, -0.15) is 26.3 Å². The summed E-state index contributed by atoms with van der Waals surface area (Å²) in [4.78, 5) is 15.8. The molecule has 0 saturated carbocycles. The standard InChI is InChI=1S/C19H12ClF6NO3/c1-9-4-10(2-3-14(9)16(28)29)15-8-17(30-27-15,19(24,25)26)11-5-12(18(21,22)23)7-13(20)6-11/h2-7H,8H2,1H3,(H,28,29)/t17-/m0/s1. The molecule has 0 radical (unpaired) electrons. The first-order valence-corrected chi connectivity index (χ1v) is 8.67. The minimum absolute atomic E-state index is 0.0509. The molecule has 0 aromatic heterocycles. The molecule has 2 aromatic carbocycles. The molecule has 1 N–H and O–H groups in total. The van der Waals surface area contributed by atoms with Crippen LogP contribution in [0.25, 0.3) is 0 Å². The van der Waals surface area contributed by atoms with Crippen molar-refractivity contribution < 1.29 is 41.1 Å². The Morgan fingerprint density at radius 3 is 2.33 bits per heavy atom. The van der Waals surface area contributed by atoms with Gasteiger partial charge in [-0.3, -0.25) is 0 Å². The van der Waals surface area contributed by atoms with Crippen molar-refractivity contribution >= 4 is 23.3 Å². The van der Waals surface area contributed by atoms with Crippen LogP contribution in [0.4, 0.5) is 26.3 Å². The number of alkyl halides is 6. The predicted molar refractivity (Wildman–Crippen MR) is 94.6 cm³/mol. The summed E-state index contributed by atoms with van der Waals surface area (Å²) in [5.74, 6) is -1.22. The number of aromatic carboxylic acids is 1. The van der Waals surface area contributed by atoms with Gasteiger partial charge in [0, 0.05) is 17.0 Å². The Morgan fingerprint density at radius 2 is 1.80 bits per heavy atom. The number of rotatable bonds is 3. The molecule has 1 heterocycles. The van der Waals surface area contributed by atoms with E-state index in [-0.39, 0.29) is 22.4 Å². The first-order chi connectivity index (χ1) is 13.7. The maximum Gasteiger partial charge on any atom is 0.435 e. The quantitative estimate of drug-likeness (QED) is 0.587. The highest BCUT2D eigenvalue weighted by atomic mass is 35.5. The summed E-state index contributed by atoms with van der Waals surface area (Å²) in [7, 11) is 0. The molecule has 0 saturated heterocycles. The lowest BCUT2D eigenvalue weighted by Crippen LogP contribution is -2.43. The van der Waals surface area contributed by atoms with E-state index < -0.39 is 46.5 Å². The number of carboxylic acid groups (broad SMARTS) is 1. The van der Waals surface area contributed by atoms with Gasteiger partial charge in [0.05, 0.1) is 16.8 Å². The van der Waals surface area contributed by atoms with Crippen LogP contribution in [0.2, 0.25) is 5.02 Å². The zero-order chi connectivity index (χ0) is 22.5. The molecule has 1 aliphatic rings. The van der Waals surface area contributed by atoms with Crippen LogP contribution in [-0.4, -0.2) is 23.0 Å². The van der Waals surface area contributed by atoms with Crippen molar-refractivity contribution in [3.05, 3.63) is 69.2 Å². The Kier molecular flexibility index (Phi) is 5.26. The number of benzene rings is 2. The SMILES string of the molecule is Cc1cc(C2=NO[C@@](c3cc(Cl)cc(C(F)(F)F)c3)(C(F)(F)F)C2)ccc1C(=O)O. The van der Waals surface area contributed by atoms with Gasteiger partial charge < -0.3 is 9.94 Å². The molecule has 1 atom stereocenters. The molecule has 1 aliphatic heterocycles. The van der Waals surface area contributed by atoms with Crippen molar-refractivity contribution in [2.75, 3.05) is 0 Å². The van der Waals surface area contributed by atoms with Gasteiger partial charge in [0.15, 0.2) is 0 Å². The van der Waals surface area contributed by atoms with Crippen LogP contribution in [0.5, 0.6) is 0 Å². The van der Waals surface area contributed by atoms with Crippen LogP contribution in [0.15, 0.2) is 41.6 Å². The van der Waals surface area contributed by atoms with Gasteiger partial charge in [-0.25, -0.2) is 4.79 Å². The number of aryl methyl sites for hydroxylation is 1. The van der Waals surface area contributed by atoms with Gasteiger partial charge in [0.25, 0.3) is 5.60 Å². The number of halogens is 7. The fourth-order valence-corrected chi connectivity index (χ4v) is 3.36. The van der Waals surface area contributed by atoms with Crippen LogP contribution < -0.4 is 0 Å². The summed E-state index contributed by atoms with van der Waals surface area (Å²) in [5.41, 5.74) is -5.19. The number of hydrogen-bond donors (Lipinski definition) is 1. The average Bonchev–Trinajstić information content (AvgIpc) is 3.06. The molecule has 0 unspecified atom stereocenters. The molecule has 0 amide bonds. The Balaban J connectivity index is 2.06. The number of nitrogens with zero attached hydrogens (tertiary/aromatic N) is 1. The minimum atomic E-state index is -5.12. The van der Waals surface area contributed by atoms with Crippen LogP contribution in [0.1, 0.15) is 39.0 Å². The van der Waals surface area contributed by atoms with Crippen molar-refractivity contribution in [3.63, 3.8) is 0 Å². The summed E-state index contributed by atoms with van der Waals surface area (Å²) in [6, 6.07) is 5.36. The van der Waals surface area contributed by atoms with Gasteiger partial charge in [0.1, 0.15) is 0 Å². The van der Waals surface area contributed by atoms with E-state index in [0.717, 1.165) is 6.07 Å². The van der Waals surface area contributed by atoms with Gasteiger partial charge in [-0.05, 0) is 48.4 Å². The van der Waals surface area contributed by atoms with Crippen LogP contribution >= 0.6 is 11.6 Å². The van der Waals surface area contributed by atoms with Gasteiger partial charge in [-0.1, -0.05) is 22.8 Å². The number of carbonyl (C=O) groups is 1. The molecule has 2 aromatic rings. The third-order valence-electron chi connectivity index (χ3n) is 4.67. The molecule has 0 aliphatic carbocycles. The van der Waals surface area contributed by atoms with Crippen LogP contribution in [0, 0.1) is 6.92 Å². The van der Waals surface area contributed by atoms with E-state index in [1.165, 1.54) is 25.1 Å². The van der Waals surface area contributed by atoms with Crippen molar-refractivity contribution in [2.24, 2.45) is 5.16 Å². The van der Waals surface area contributed by atoms with E-state index in [1.54, 1.807) is 0 Å². The summed E-state index contributed by atoms with van der Waals surface area (Å²) in [5, 5.41) is 12.0. The summed E-state index contributed by atoms with van der Waals surface area (Å²) in [6.07, 6.45) is -11.0. The lowest BCUT2D eigenvalue weighted by molar-refractivity contribution is -0.276. The second-order valence-corrected chi connectivity index (χ2v) is 7.13. The van der Waals surface area contributed by atoms with E-state index in [2.05, 4.69) is 5.16 Å².